The van der Waals surface area contributed by atoms with Crippen molar-refractivity contribution < 1.29 is 4.74 Å². The van der Waals surface area contributed by atoms with E-state index < -0.39 is 0 Å². The van der Waals surface area contributed by atoms with Crippen LogP contribution in [0.5, 0.6) is 0 Å². The third kappa shape index (κ3) is 3.45. The number of hydrogen-bond donors (Lipinski definition) is 1. The van der Waals surface area contributed by atoms with E-state index in [0.717, 1.165) is 63.5 Å². The van der Waals surface area contributed by atoms with Crippen molar-refractivity contribution in [1.29, 1.82) is 0 Å². The first-order chi connectivity index (χ1) is 11.3. The molecule has 2 unspecified atom stereocenters. The molecular weight excluding hydrogens is 292 g/mol. The minimum Gasteiger partial charge on any atom is -0.381 e. The monoisotopic (exact) mass is 316 g/mol. The van der Waals surface area contributed by atoms with Crippen molar-refractivity contribution in [3.63, 3.8) is 0 Å². The molecule has 0 spiro atoms. The standard InChI is InChI=1S/C16H24N6O/c1-12-7-21-9-14(2-3-16(21)18-12)17-6-15-10-22(20-19-15)8-13-4-5-23-11-13/h7,10,13-14,17H,2-6,8-9,11H2,1H3. The summed E-state index contributed by atoms with van der Waals surface area (Å²) in [4.78, 5) is 4.56. The minimum atomic E-state index is 0.476. The summed E-state index contributed by atoms with van der Waals surface area (Å²) in [5.74, 6) is 1.80. The number of aromatic nitrogens is 5. The highest BCUT2D eigenvalue weighted by Gasteiger charge is 2.20. The topological polar surface area (TPSA) is 69.8 Å². The zero-order chi connectivity index (χ0) is 15.6. The number of nitrogens with one attached hydrogen (secondary N) is 1. The molecule has 1 fully saturated rings. The van der Waals surface area contributed by atoms with E-state index in [1.165, 1.54) is 5.82 Å². The molecule has 0 aromatic carbocycles. The lowest BCUT2D eigenvalue weighted by molar-refractivity contribution is 0.181. The molecule has 124 valence electrons. The van der Waals surface area contributed by atoms with Gasteiger partial charge in [0.15, 0.2) is 0 Å². The summed E-state index contributed by atoms with van der Waals surface area (Å²) in [5.41, 5.74) is 2.12. The van der Waals surface area contributed by atoms with Crippen molar-refractivity contribution >= 4 is 0 Å². The number of fused-ring (bicyclic) bond motifs is 1. The van der Waals surface area contributed by atoms with E-state index >= 15 is 0 Å². The lowest BCUT2D eigenvalue weighted by Gasteiger charge is -2.24. The summed E-state index contributed by atoms with van der Waals surface area (Å²) in [6.07, 6.45) is 7.50. The lowest BCUT2D eigenvalue weighted by atomic mass is 10.1. The molecule has 2 aliphatic rings. The maximum atomic E-state index is 5.41. The molecule has 7 heteroatoms. The van der Waals surface area contributed by atoms with Gasteiger partial charge in [-0.2, -0.15) is 0 Å². The Balaban J connectivity index is 1.29. The van der Waals surface area contributed by atoms with Crippen LogP contribution in [-0.2, 0) is 30.8 Å². The Morgan fingerprint density at radius 1 is 1.35 bits per heavy atom. The van der Waals surface area contributed by atoms with Crippen LogP contribution in [0, 0.1) is 12.8 Å². The maximum Gasteiger partial charge on any atom is 0.109 e. The molecule has 0 aliphatic carbocycles. The van der Waals surface area contributed by atoms with Crippen LogP contribution in [0.2, 0.25) is 0 Å². The van der Waals surface area contributed by atoms with Gasteiger partial charge in [-0.1, -0.05) is 5.21 Å². The largest absolute Gasteiger partial charge is 0.381 e. The van der Waals surface area contributed by atoms with Gasteiger partial charge in [0.05, 0.1) is 18.0 Å². The third-order valence-corrected chi connectivity index (χ3v) is 4.74. The second kappa shape index (κ2) is 6.41. The average molecular weight is 316 g/mol. The van der Waals surface area contributed by atoms with Gasteiger partial charge in [0.2, 0.25) is 0 Å². The highest BCUT2D eigenvalue weighted by atomic mass is 16.5. The Morgan fingerprint density at radius 3 is 3.17 bits per heavy atom. The molecule has 4 rings (SSSR count). The number of rotatable bonds is 5. The molecule has 0 saturated carbocycles. The van der Waals surface area contributed by atoms with E-state index in [0.29, 0.717) is 12.0 Å². The lowest BCUT2D eigenvalue weighted by Crippen LogP contribution is -2.36. The summed E-state index contributed by atoms with van der Waals surface area (Å²) in [6.45, 7) is 6.46. The fourth-order valence-corrected chi connectivity index (χ4v) is 3.50. The number of aryl methyl sites for hydroxylation is 2. The Bertz CT molecular complexity index is 657. The Hall–Kier alpha value is -1.73. The van der Waals surface area contributed by atoms with Crippen molar-refractivity contribution in [2.75, 3.05) is 13.2 Å². The SMILES string of the molecule is Cc1cn2c(n1)CCC(NCc1cn(CC3CCOC3)nn1)C2. The highest BCUT2D eigenvalue weighted by Crippen LogP contribution is 2.16. The summed E-state index contributed by atoms with van der Waals surface area (Å²) >= 11 is 0. The van der Waals surface area contributed by atoms with Gasteiger partial charge in [-0.3, -0.25) is 4.68 Å². The van der Waals surface area contributed by atoms with Gasteiger partial charge >= 0.3 is 0 Å². The summed E-state index contributed by atoms with van der Waals surface area (Å²) in [6, 6.07) is 0.476. The molecule has 1 N–H and O–H groups in total. The minimum absolute atomic E-state index is 0.476. The molecule has 23 heavy (non-hydrogen) atoms. The Labute approximate surface area is 136 Å². The summed E-state index contributed by atoms with van der Waals surface area (Å²) < 4.78 is 9.64. The van der Waals surface area contributed by atoms with Gasteiger partial charge in [0.1, 0.15) is 5.82 Å². The molecule has 2 aliphatic heterocycles. The Morgan fingerprint density at radius 2 is 2.30 bits per heavy atom. The normalized spacial score (nSPS) is 24.0. The van der Waals surface area contributed by atoms with Gasteiger partial charge < -0.3 is 14.6 Å². The first-order valence-electron chi connectivity index (χ1n) is 8.49. The van der Waals surface area contributed by atoms with Gasteiger partial charge in [0.25, 0.3) is 0 Å². The van der Waals surface area contributed by atoms with Crippen LogP contribution in [0.3, 0.4) is 0 Å². The van der Waals surface area contributed by atoms with Crippen molar-refractivity contribution in [3.8, 4) is 0 Å². The zero-order valence-electron chi connectivity index (χ0n) is 13.6. The number of hydrogen-bond acceptors (Lipinski definition) is 5. The molecule has 2 aromatic rings. The van der Waals surface area contributed by atoms with Crippen molar-refractivity contribution in [2.45, 2.75) is 51.9 Å². The van der Waals surface area contributed by atoms with Crippen LogP contribution >= 0.6 is 0 Å². The maximum absolute atomic E-state index is 5.41. The molecule has 7 nitrogen and oxygen atoms in total. The molecule has 2 atom stereocenters. The molecular formula is C16H24N6O. The smallest absolute Gasteiger partial charge is 0.109 e. The van der Waals surface area contributed by atoms with Crippen LogP contribution in [-0.4, -0.2) is 43.8 Å². The van der Waals surface area contributed by atoms with Crippen LogP contribution < -0.4 is 5.32 Å². The van der Waals surface area contributed by atoms with E-state index in [4.69, 9.17) is 4.74 Å². The molecule has 1 saturated heterocycles. The second-order valence-electron chi connectivity index (χ2n) is 6.73. The third-order valence-electron chi connectivity index (χ3n) is 4.74. The predicted octanol–water partition coefficient (Wildman–Crippen LogP) is 0.924. The van der Waals surface area contributed by atoms with E-state index in [-0.39, 0.29) is 0 Å². The fourth-order valence-electron chi connectivity index (χ4n) is 3.50. The van der Waals surface area contributed by atoms with Crippen molar-refractivity contribution in [3.05, 3.63) is 29.6 Å². The van der Waals surface area contributed by atoms with Crippen LogP contribution in [0.25, 0.3) is 0 Å². The second-order valence-corrected chi connectivity index (χ2v) is 6.73. The van der Waals surface area contributed by atoms with Crippen LogP contribution in [0.15, 0.2) is 12.4 Å². The van der Waals surface area contributed by atoms with E-state index in [2.05, 4.69) is 44.5 Å². The predicted molar refractivity (Wildman–Crippen MR) is 84.9 cm³/mol. The van der Waals surface area contributed by atoms with Gasteiger partial charge in [-0.25, -0.2) is 4.98 Å². The molecule has 2 aromatic heterocycles. The van der Waals surface area contributed by atoms with E-state index in [1.807, 2.05) is 4.68 Å². The van der Waals surface area contributed by atoms with Gasteiger partial charge in [-0.15, -0.1) is 5.10 Å². The average Bonchev–Trinajstić information content (AvgIpc) is 3.25. The van der Waals surface area contributed by atoms with E-state index in [1.54, 1.807) is 0 Å². The quantitative estimate of drug-likeness (QED) is 0.888. The summed E-state index contributed by atoms with van der Waals surface area (Å²) in [7, 11) is 0. The molecule has 0 radical (unpaired) electrons. The first-order valence-corrected chi connectivity index (χ1v) is 8.49. The van der Waals surface area contributed by atoms with E-state index in [9.17, 15) is 0 Å². The van der Waals surface area contributed by atoms with Gasteiger partial charge in [0, 0.05) is 57.0 Å². The van der Waals surface area contributed by atoms with Crippen molar-refractivity contribution in [2.24, 2.45) is 5.92 Å². The highest BCUT2D eigenvalue weighted by molar-refractivity contribution is 5.06. The van der Waals surface area contributed by atoms with Crippen LogP contribution in [0.1, 0.15) is 30.1 Å². The van der Waals surface area contributed by atoms with Crippen molar-refractivity contribution in [1.82, 2.24) is 29.9 Å². The molecule has 0 bridgehead atoms. The number of ether oxygens (including phenoxy) is 1. The molecule has 4 heterocycles. The van der Waals surface area contributed by atoms with Gasteiger partial charge in [-0.05, 0) is 19.8 Å². The first kappa shape index (κ1) is 14.8. The summed E-state index contributed by atoms with van der Waals surface area (Å²) in [5, 5.41) is 12.1. The number of imidazole rings is 1. The Kier molecular flexibility index (Phi) is 4.13. The fraction of sp³-hybridized carbons (Fsp3) is 0.688. The zero-order valence-corrected chi connectivity index (χ0v) is 13.6. The molecule has 0 amide bonds. The van der Waals surface area contributed by atoms with Crippen LogP contribution in [0.4, 0.5) is 0 Å². The number of nitrogens with zero attached hydrogens (tertiary/aromatic N) is 5.